The minimum atomic E-state index is -0.289. The van der Waals surface area contributed by atoms with E-state index in [1.807, 2.05) is 11.6 Å². The van der Waals surface area contributed by atoms with Gasteiger partial charge >= 0.3 is 0 Å². The monoisotopic (exact) mass is 333 g/mol. The highest BCUT2D eigenvalue weighted by Crippen LogP contribution is 2.23. The molecule has 0 saturated carbocycles. The van der Waals surface area contributed by atoms with Crippen LogP contribution < -0.4 is 5.32 Å². The Morgan fingerprint density at radius 2 is 2.33 bits per heavy atom. The lowest BCUT2D eigenvalue weighted by Gasteiger charge is -2.30. The number of amides is 1. The van der Waals surface area contributed by atoms with Crippen LogP contribution in [0.5, 0.6) is 0 Å². The number of aryl methyl sites for hydroxylation is 1. The quantitative estimate of drug-likeness (QED) is 0.915. The van der Waals surface area contributed by atoms with Gasteiger partial charge in [-0.2, -0.15) is 0 Å². The summed E-state index contributed by atoms with van der Waals surface area (Å²) in [4.78, 5) is 16.9. The summed E-state index contributed by atoms with van der Waals surface area (Å²) in [5.41, 5.74) is 1.54. The van der Waals surface area contributed by atoms with Crippen LogP contribution in [0.3, 0.4) is 0 Å². The van der Waals surface area contributed by atoms with Crippen LogP contribution in [0.15, 0.2) is 18.2 Å². The summed E-state index contributed by atoms with van der Waals surface area (Å²) in [6.45, 7) is 3.32. The Bertz CT molecular complexity index is 728. The van der Waals surface area contributed by atoms with Crippen LogP contribution in [0.4, 0.5) is 4.39 Å². The van der Waals surface area contributed by atoms with E-state index >= 15 is 0 Å². The lowest BCUT2D eigenvalue weighted by atomic mass is 9.92. The van der Waals surface area contributed by atoms with Gasteiger partial charge in [0.1, 0.15) is 11.6 Å². The Morgan fingerprint density at radius 1 is 1.50 bits per heavy atom. The van der Waals surface area contributed by atoms with Crippen LogP contribution in [0.25, 0.3) is 11.0 Å². The van der Waals surface area contributed by atoms with Crippen molar-refractivity contribution in [3.63, 3.8) is 0 Å². The van der Waals surface area contributed by atoms with Crippen LogP contribution >= 0.6 is 0 Å². The summed E-state index contributed by atoms with van der Waals surface area (Å²) < 4.78 is 20.9. The molecule has 2 atom stereocenters. The Morgan fingerprint density at radius 3 is 3.12 bits per heavy atom. The molecule has 1 aromatic carbocycles. The zero-order chi connectivity index (χ0) is 17.1. The normalized spacial score (nSPS) is 21.1. The average molecular weight is 333 g/mol. The van der Waals surface area contributed by atoms with Crippen molar-refractivity contribution in [3.8, 4) is 0 Å². The molecule has 1 aliphatic heterocycles. The van der Waals surface area contributed by atoms with Crippen molar-refractivity contribution >= 4 is 16.9 Å². The second-order valence-electron chi connectivity index (χ2n) is 6.33. The Balaban J connectivity index is 1.60. The van der Waals surface area contributed by atoms with Gasteiger partial charge in [0.05, 0.1) is 23.1 Å². The number of rotatable bonds is 5. The van der Waals surface area contributed by atoms with Crippen molar-refractivity contribution in [2.45, 2.75) is 38.7 Å². The molecule has 5 nitrogen and oxygen atoms in total. The molecule has 2 unspecified atom stereocenters. The van der Waals surface area contributed by atoms with Crippen LogP contribution in [0.2, 0.25) is 0 Å². The number of nitrogens with zero attached hydrogens (tertiary/aromatic N) is 2. The van der Waals surface area contributed by atoms with Crippen LogP contribution in [0, 0.1) is 11.7 Å². The molecule has 0 bridgehead atoms. The zero-order valence-electron chi connectivity index (χ0n) is 14.2. The van der Waals surface area contributed by atoms with Crippen LogP contribution in [0.1, 0.15) is 32.0 Å². The van der Waals surface area contributed by atoms with E-state index in [2.05, 4.69) is 17.2 Å². The van der Waals surface area contributed by atoms with Gasteiger partial charge in [-0.3, -0.25) is 4.79 Å². The number of hydrogen-bond acceptors (Lipinski definition) is 3. The molecule has 3 rings (SSSR count). The summed E-state index contributed by atoms with van der Waals surface area (Å²) in [5, 5.41) is 3.00. The largest absolute Gasteiger partial charge is 0.377 e. The minimum absolute atomic E-state index is 0.0254. The molecule has 1 N–H and O–H groups in total. The van der Waals surface area contributed by atoms with Gasteiger partial charge < -0.3 is 14.6 Å². The van der Waals surface area contributed by atoms with E-state index in [0.717, 1.165) is 37.2 Å². The maximum absolute atomic E-state index is 13.3. The molecule has 1 amide bonds. The fourth-order valence-electron chi connectivity index (χ4n) is 3.42. The number of halogens is 1. The van der Waals surface area contributed by atoms with E-state index in [-0.39, 0.29) is 23.7 Å². The summed E-state index contributed by atoms with van der Waals surface area (Å²) in [7, 11) is 1.91. The van der Waals surface area contributed by atoms with Gasteiger partial charge in [-0.15, -0.1) is 0 Å². The minimum Gasteiger partial charge on any atom is -0.377 e. The molecule has 2 heterocycles. The second kappa shape index (κ2) is 7.30. The number of imidazole rings is 1. The number of carbonyl (C=O) groups is 1. The van der Waals surface area contributed by atoms with Crippen LogP contribution in [-0.4, -0.2) is 34.7 Å². The molecular formula is C18H24FN3O2. The van der Waals surface area contributed by atoms with Gasteiger partial charge in [0.25, 0.3) is 0 Å². The molecule has 0 aliphatic carbocycles. The summed E-state index contributed by atoms with van der Waals surface area (Å²) in [6, 6.07) is 4.59. The average Bonchev–Trinajstić information content (AvgIpc) is 2.90. The van der Waals surface area contributed by atoms with Crippen molar-refractivity contribution < 1.29 is 13.9 Å². The molecule has 24 heavy (non-hydrogen) atoms. The molecule has 1 saturated heterocycles. The van der Waals surface area contributed by atoms with Gasteiger partial charge in [-0.05, 0) is 31.4 Å². The highest BCUT2D eigenvalue weighted by atomic mass is 19.1. The number of carbonyl (C=O) groups excluding carboxylic acids is 1. The Labute approximate surface area is 141 Å². The number of benzene rings is 1. The predicted molar refractivity (Wildman–Crippen MR) is 90.1 cm³/mol. The first kappa shape index (κ1) is 16.9. The van der Waals surface area contributed by atoms with Gasteiger partial charge in [-0.25, -0.2) is 9.37 Å². The first-order chi connectivity index (χ1) is 11.6. The number of nitrogens with one attached hydrogen (secondary N) is 1. The third-order valence-electron chi connectivity index (χ3n) is 4.76. The summed E-state index contributed by atoms with van der Waals surface area (Å²) in [5.74, 6) is 0.552. The third-order valence-corrected chi connectivity index (χ3v) is 4.76. The highest BCUT2D eigenvalue weighted by molar-refractivity contribution is 5.79. The van der Waals surface area contributed by atoms with E-state index in [4.69, 9.17) is 4.74 Å². The molecule has 1 fully saturated rings. The standard InChI is InChI=1S/C18H24FN3O2/c1-3-16-13(5-4-10-24-16)18(23)20-9-8-17-21-14-11-12(19)6-7-15(14)22(17)2/h6-7,11,13,16H,3-5,8-10H2,1-2H3,(H,20,23). The zero-order valence-corrected chi connectivity index (χ0v) is 14.2. The lowest BCUT2D eigenvalue weighted by molar-refractivity contribution is -0.134. The van der Waals surface area contributed by atoms with E-state index in [1.165, 1.54) is 12.1 Å². The van der Waals surface area contributed by atoms with Crippen molar-refractivity contribution in [2.24, 2.45) is 13.0 Å². The fraction of sp³-hybridized carbons (Fsp3) is 0.556. The Hall–Kier alpha value is -1.95. The fourth-order valence-corrected chi connectivity index (χ4v) is 3.42. The first-order valence-corrected chi connectivity index (χ1v) is 8.60. The summed E-state index contributed by atoms with van der Waals surface area (Å²) in [6.07, 6.45) is 3.32. The Kier molecular flexibility index (Phi) is 5.14. The maximum Gasteiger partial charge on any atom is 0.225 e. The number of aromatic nitrogens is 2. The third kappa shape index (κ3) is 3.43. The van der Waals surface area contributed by atoms with Crippen LogP contribution in [-0.2, 0) is 23.0 Å². The first-order valence-electron chi connectivity index (χ1n) is 8.60. The van der Waals surface area contributed by atoms with Gasteiger partial charge in [0.15, 0.2) is 0 Å². The van der Waals surface area contributed by atoms with Gasteiger partial charge in [-0.1, -0.05) is 6.92 Å². The van der Waals surface area contributed by atoms with Crippen molar-refractivity contribution in [1.29, 1.82) is 0 Å². The summed E-state index contributed by atoms with van der Waals surface area (Å²) >= 11 is 0. The number of hydrogen-bond donors (Lipinski definition) is 1. The van der Waals surface area contributed by atoms with E-state index in [0.29, 0.717) is 18.5 Å². The second-order valence-corrected chi connectivity index (χ2v) is 6.33. The smallest absolute Gasteiger partial charge is 0.225 e. The van der Waals surface area contributed by atoms with E-state index in [9.17, 15) is 9.18 Å². The topological polar surface area (TPSA) is 56.1 Å². The number of ether oxygens (including phenoxy) is 1. The van der Waals surface area contributed by atoms with Crippen molar-refractivity contribution in [2.75, 3.05) is 13.2 Å². The molecule has 6 heteroatoms. The van der Waals surface area contributed by atoms with E-state index in [1.54, 1.807) is 6.07 Å². The predicted octanol–water partition coefficient (Wildman–Crippen LogP) is 2.58. The lowest BCUT2D eigenvalue weighted by Crippen LogP contribution is -2.42. The van der Waals surface area contributed by atoms with E-state index < -0.39 is 0 Å². The molecule has 2 aromatic rings. The molecule has 130 valence electrons. The highest BCUT2D eigenvalue weighted by Gasteiger charge is 2.30. The SMILES string of the molecule is CCC1OCCCC1C(=O)NCCc1nc2cc(F)ccc2n1C. The molecule has 0 radical (unpaired) electrons. The van der Waals surface area contributed by atoms with Gasteiger partial charge in [0.2, 0.25) is 5.91 Å². The molecule has 1 aliphatic rings. The molecule has 1 aromatic heterocycles. The molecule has 0 spiro atoms. The molecular weight excluding hydrogens is 309 g/mol. The van der Waals surface area contributed by atoms with Crippen molar-refractivity contribution in [1.82, 2.24) is 14.9 Å². The number of fused-ring (bicyclic) bond motifs is 1. The van der Waals surface area contributed by atoms with Gasteiger partial charge in [0, 0.05) is 32.7 Å². The van der Waals surface area contributed by atoms with Crippen molar-refractivity contribution in [3.05, 3.63) is 29.8 Å². The maximum atomic E-state index is 13.3.